The first-order valence-corrected chi connectivity index (χ1v) is 7.86. The average molecular weight is 310 g/mol. The Balaban J connectivity index is 2.09. The smallest absolute Gasteiger partial charge is 0.249 e. The second kappa shape index (κ2) is 5.61. The number of hydrogen-bond donors (Lipinski definition) is 2. The number of hydrazine groups is 1. The largest absolute Gasteiger partial charge is 0.491 e. The third-order valence-electron chi connectivity index (χ3n) is 4.11. The lowest BCUT2D eigenvalue weighted by Gasteiger charge is -2.15. The second-order valence-electron chi connectivity index (χ2n) is 6.66. The first-order valence-electron chi connectivity index (χ1n) is 7.86. The van der Waals surface area contributed by atoms with Crippen LogP contribution in [0.2, 0.25) is 0 Å². The third kappa shape index (κ3) is 2.89. The van der Waals surface area contributed by atoms with E-state index in [1.807, 2.05) is 45.9 Å². The SMILES string of the molecule is CC(C)Oc1ccc2cccc(/C=C3\NNC(=O)C3(C)C)c2c1. The summed E-state index contributed by atoms with van der Waals surface area (Å²) in [4.78, 5) is 11.9. The molecule has 23 heavy (non-hydrogen) atoms. The van der Waals surface area contributed by atoms with Crippen LogP contribution in [-0.4, -0.2) is 12.0 Å². The van der Waals surface area contributed by atoms with Gasteiger partial charge in [-0.15, -0.1) is 0 Å². The van der Waals surface area contributed by atoms with Crippen LogP contribution >= 0.6 is 0 Å². The molecule has 2 aromatic carbocycles. The minimum absolute atomic E-state index is 0.0205. The van der Waals surface area contributed by atoms with Gasteiger partial charge in [-0.1, -0.05) is 24.3 Å². The van der Waals surface area contributed by atoms with Crippen LogP contribution in [0.5, 0.6) is 5.75 Å². The lowest BCUT2D eigenvalue weighted by molar-refractivity contribution is -0.125. The highest BCUT2D eigenvalue weighted by molar-refractivity contribution is 5.94. The molecule has 2 aromatic rings. The van der Waals surface area contributed by atoms with Gasteiger partial charge in [0.25, 0.3) is 0 Å². The monoisotopic (exact) mass is 310 g/mol. The van der Waals surface area contributed by atoms with Crippen molar-refractivity contribution in [2.75, 3.05) is 0 Å². The summed E-state index contributed by atoms with van der Waals surface area (Å²) in [5, 5.41) is 2.25. The highest BCUT2D eigenvalue weighted by atomic mass is 16.5. The van der Waals surface area contributed by atoms with E-state index >= 15 is 0 Å². The van der Waals surface area contributed by atoms with Crippen molar-refractivity contribution in [3.05, 3.63) is 47.7 Å². The van der Waals surface area contributed by atoms with Gasteiger partial charge in [-0.05, 0) is 62.2 Å². The standard InChI is InChI=1S/C19H22N2O2/c1-12(2)23-15-9-8-13-6-5-7-14(16(13)11-15)10-17-19(3,4)18(22)21-20-17/h5-12,20H,1-4H3,(H,21,22)/b17-10-. The number of hydrogen-bond acceptors (Lipinski definition) is 3. The summed E-state index contributed by atoms with van der Waals surface area (Å²) >= 11 is 0. The summed E-state index contributed by atoms with van der Waals surface area (Å²) in [6.45, 7) is 7.85. The normalized spacial score (nSPS) is 18.3. The Morgan fingerprint density at radius 2 is 1.91 bits per heavy atom. The van der Waals surface area contributed by atoms with Crippen LogP contribution < -0.4 is 15.6 Å². The van der Waals surface area contributed by atoms with E-state index in [-0.39, 0.29) is 12.0 Å². The zero-order chi connectivity index (χ0) is 16.6. The van der Waals surface area contributed by atoms with Gasteiger partial charge < -0.3 is 10.2 Å². The number of amides is 1. The number of carbonyl (C=O) groups is 1. The van der Waals surface area contributed by atoms with Gasteiger partial charge in [0, 0.05) is 5.70 Å². The van der Waals surface area contributed by atoms with Crippen molar-refractivity contribution in [1.82, 2.24) is 10.9 Å². The second-order valence-corrected chi connectivity index (χ2v) is 6.66. The fraction of sp³-hybridized carbons (Fsp3) is 0.316. The summed E-state index contributed by atoms with van der Waals surface area (Å²) in [6.07, 6.45) is 2.16. The predicted molar refractivity (Wildman–Crippen MR) is 92.7 cm³/mol. The van der Waals surface area contributed by atoms with E-state index in [1.54, 1.807) is 0 Å². The molecule has 0 aliphatic carbocycles. The van der Waals surface area contributed by atoms with Crippen molar-refractivity contribution < 1.29 is 9.53 Å². The highest BCUT2D eigenvalue weighted by Crippen LogP contribution is 2.32. The molecule has 0 spiro atoms. The molecule has 1 amide bonds. The lowest BCUT2D eigenvalue weighted by atomic mass is 9.88. The van der Waals surface area contributed by atoms with Crippen molar-refractivity contribution in [2.45, 2.75) is 33.8 Å². The van der Waals surface area contributed by atoms with Crippen LogP contribution in [0.3, 0.4) is 0 Å². The van der Waals surface area contributed by atoms with Gasteiger partial charge in [-0.25, -0.2) is 0 Å². The van der Waals surface area contributed by atoms with E-state index in [0.717, 1.165) is 27.8 Å². The molecule has 0 unspecified atom stereocenters. The molecule has 0 radical (unpaired) electrons. The molecule has 0 aromatic heterocycles. The van der Waals surface area contributed by atoms with Gasteiger partial charge in [0.1, 0.15) is 5.75 Å². The van der Waals surface area contributed by atoms with Crippen LogP contribution in [0.15, 0.2) is 42.1 Å². The predicted octanol–water partition coefficient (Wildman–Crippen LogP) is 3.63. The summed E-state index contributed by atoms with van der Waals surface area (Å²) in [6, 6.07) is 12.3. The molecule has 4 nitrogen and oxygen atoms in total. The highest BCUT2D eigenvalue weighted by Gasteiger charge is 2.37. The van der Waals surface area contributed by atoms with Gasteiger partial charge in [0.15, 0.2) is 0 Å². The maximum absolute atomic E-state index is 11.9. The molecule has 1 fully saturated rings. The van der Waals surface area contributed by atoms with Crippen molar-refractivity contribution >= 4 is 22.8 Å². The first kappa shape index (κ1) is 15.4. The number of ether oxygens (including phenoxy) is 1. The zero-order valence-electron chi connectivity index (χ0n) is 13.9. The maximum atomic E-state index is 11.9. The molecule has 0 saturated carbocycles. The number of nitrogens with one attached hydrogen (secondary N) is 2. The molecule has 0 bridgehead atoms. The van der Waals surface area contributed by atoms with Gasteiger partial charge >= 0.3 is 0 Å². The van der Waals surface area contributed by atoms with Crippen LogP contribution in [0.1, 0.15) is 33.3 Å². The van der Waals surface area contributed by atoms with Crippen molar-refractivity contribution in [3.8, 4) is 5.75 Å². The Kier molecular flexibility index (Phi) is 3.76. The van der Waals surface area contributed by atoms with Gasteiger partial charge in [-0.2, -0.15) is 0 Å². The number of fused-ring (bicyclic) bond motifs is 1. The minimum Gasteiger partial charge on any atom is -0.491 e. The van der Waals surface area contributed by atoms with E-state index < -0.39 is 5.41 Å². The van der Waals surface area contributed by atoms with Crippen LogP contribution in [-0.2, 0) is 4.79 Å². The molecule has 2 N–H and O–H groups in total. The van der Waals surface area contributed by atoms with Gasteiger partial charge in [-0.3, -0.25) is 10.2 Å². The quantitative estimate of drug-likeness (QED) is 0.910. The minimum atomic E-state index is -0.561. The lowest BCUT2D eigenvalue weighted by Crippen LogP contribution is -2.28. The third-order valence-corrected chi connectivity index (χ3v) is 4.11. The molecule has 120 valence electrons. The van der Waals surface area contributed by atoms with E-state index in [9.17, 15) is 4.79 Å². The molecule has 1 heterocycles. The number of rotatable bonds is 3. The molecular weight excluding hydrogens is 288 g/mol. The summed E-state index contributed by atoms with van der Waals surface area (Å²) in [5.41, 5.74) is 7.03. The maximum Gasteiger partial charge on any atom is 0.249 e. The van der Waals surface area contributed by atoms with E-state index in [4.69, 9.17) is 4.74 Å². The number of carbonyl (C=O) groups excluding carboxylic acids is 1. The molecule has 1 saturated heterocycles. The van der Waals surface area contributed by atoms with Crippen LogP contribution in [0, 0.1) is 5.41 Å². The molecule has 1 aliphatic heterocycles. The van der Waals surface area contributed by atoms with E-state index in [0.29, 0.717) is 0 Å². The van der Waals surface area contributed by atoms with Crippen molar-refractivity contribution in [2.24, 2.45) is 5.41 Å². The van der Waals surface area contributed by atoms with E-state index in [2.05, 4.69) is 35.1 Å². The average Bonchev–Trinajstić information content (AvgIpc) is 2.74. The summed E-state index contributed by atoms with van der Waals surface area (Å²) in [7, 11) is 0. The van der Waals surface area contributed by atoms with Crippen LogP contribution in [0.25, 0.3) is 16.8 Å². The van der Waals surface area contributed by atoms with E-state index in [1.165, 1.54) is 0 Å². The topological polar surface area (TPSA) is 50.4 Å². The molecule has 4 heteroatoms. The Labute approximate surface area is 136 Å². The molecular formula is C19H22N2O2. The first-order chi connectivity index (χ1) is 10.9. The Hall–Kier alpha value is -2.49. The Morgan fingerprint density at radius 1 is 1.13 bits per heavy atom. The summed E-state index contributed by atoms with van der Waals surface area (Å²) < 4.78 is 5.80. The zero-order valence-corrected chi connectivity index (χ0v) is 13.9. The van der Waals surface area contributed by atoms with Gasteiger partial charge in [0.2, 0.25) is 5.91 Å². The Bertz CT molecular complexity index is 791. The fourth-order valence-corrected chi connectivity index (χ4v) is 2.68. The van der Waals surface area contributed by atoms with Gasteiger partial charge in [0.05, 0.1) is 11.5 Å². The number of benzene rings is 2. The van der Waals surface area contributed by atoms with Crippen molar-refractivity contribution in [1.29, 1.82) is 0 Å². The summed E-state index contributed by atoms with van der Waals surface area (Å²) in [5.74, 6) is 0.832. The molecule has 0 atom stereocenters. The van der Waals surface area contributed by atoms with Crippen molar-refractivity contribution in [3.63, 3.8) is 0 Å². The Morgan fingerprint density at radius 3 is 2.57 bits per heavy atom. The fourth-order valence-electron chi connectivity index (χ4n) is 2.68. The van der Waals surface area contributed by atoms with Crippen LogP contribution in [0.4, 0.5) is 0 Å². The molecule has 1 aliphatic rings. The molecule has 3 rings (SSSR count).